The zero-order valence-electron chi connectivity index (χ0n) is 9.97. The van der Waals surface area contributed by atoms with Crippen LogP contribution in [0.5, 0.6) is 0 Å². The molecule has 0 aromatic carbocycles. The van der Waals surface area contributed by atoms with Gasteiger partial charge in [0.25, 0.3) is 0 Å². The maximum Gasteiger partial charge on any atom is 0.239 e. The molecular weight excluding hydrogens is 305 g/mol. The molecule has 1 aromatic heterocycles. The highest BCUT2D eigenvalue weighted by atomic mass is 79.9. The van der Waals surface area contributed by atoms with Crippen molar-refractivity contribution >= 4 is 39.3 Å². The molecule has 1 rings (SSSR count). The van der Waals surface area contributed by atoms with Gasteiger partial charge in [0, 0.05) is 11.7 Å². The summed E-state index contributed by atoms with van der Waals surface area (Å²) in [6.45, 7) is 5.97. The lowest BCUT2D eigenvalue weighted by molar-refractivity contribution is -0.120. The quantitative estimate of drug-likeness (QED) is 0.900. The fourth-order valence-corrected chi connectivity index (χ4v) is 1.95. The third-order valence-corrected chi connectivity index (χ3v) is 2.55. The molecule has 1 amide bonds. The van der Waals surface area contributed by atoms with Gasteiger partial charge in [-0.25, -0.2) is 4.98 Å². The number of pyridine rings is 1. The van der Waals surface area contributed by atoms with Gasteiger partial charge in [-0.2, -0.15) is 0 Å². The van der Waals surface area contributed by atoms with E-state index in [0.717, 1.165) is 4.47 Å². The van der Waals surface area contributed by atoms with Crippen molar-refractivity contribution in [3.8, 4) is 0 Å². The maximum atomic E-state index is 11.6. The molecule has 17 heavy (non-hydrogen) atoms. The van der Waals surface area contributed by atoms with E-state index in [-0.39, 0.29) is 18.0 Å². The van der Waals surface area contributed by atoms with Crippen LogP contribution in [0.25, 0.3) is 0 Å². The first kappa shape index (κ1) is 14.3. The minimum Gasteiger partial charge on any atom is -0.360 e. The van der Waals surface area contributed by atoms with Crippen LogP contribution in [0.4, 0.5) is 5.82 Å². The molecule has 0 radical (unpaired) electrons. The number of nitrogens with zero attached hydrogens (tertiary/aromatic N) is 1. The normalized spacial score (nSPS) is 11.1. The van der Waals surface area contributed by atoms with Gasteiger partial charge in [-0.1, -0.05) is 11.6 Å². The second-order valence-electron chi connectivity index (χ2n) is 4.64. The SMILES string of the molecule is CC(C)(C)NC(=O)CNc1ncc(Cl)cc1Br. The molecule has 0 atom stereocenters. The predicted octanol–water partition coefficient (Wildman–Crippen LogP) is 2.82. The summed E-state index contributed by atoms with van der Waals surface area (Å²) in [5.74, 6) is 0.514. The summed E-state index contributed by atoms with van der Waals surface area (Å²) < 4.78 is 0.730. The van der Waals surface area contributed by atoms with Gasteiger partial charge in [0.05, 0.1) is 16.0 Å². The first-order valence-corrected chi connectivity index (χ1v) is 6.31. The number of aromatic nitrogens is 1. The minimum absolute atomic E-state index is 0.0823. The van der Waals surface area contributed by atoms with Crippen molar-refractivity contribution in [1.82, 2.24) is 10.3 Å². The number of nitrogens with one attached hydrogen (secondary N) is 2. The summed E-state index contributed by atoms with van der Waals surface area (Å²) in [7, 11) is 0. The van der Waals surface area contributed by atoms with E-state index in [9.17, 15) is 4.79 Å². The molecular formula is C11H15BrClN3O. The molecule has 0 unspecified atom stereocenters. The third kappa shape index (κ3) is 5.37. The second kappa shape index (κ2) is 5.69. The molecule has 0 saturated heterocycles. The van der Waals surface area contributed by atoms with Crippen molar-refractivity contribution in [2.24, 2.45) is 0 Å². The van der Waals surface area contributed by atoms with Crippen molar-refractivity contribution < 1.29 is 4.79 Å². The highest BCUT2D eigenvalue weighted by Crippen LogP contribution is 2.22. The molecule has 6 heteroatoms. The van der Waals surface area contributed by atoms with E-state index in [1.54, 1.807) is 6.07 Å². The monoisotopic (exact) mass is 319 g/mol. The first-order chi connectivity index (χ1) is 7.78. The predicted molar refractivity (Wildman–Crippen MR) is 73.3 cm³/mol. The van der Waals surface area contributed by atoms with Crippen LogP contribution < -0.4 is 10.6 Å². The molecule has 0 bridgehead atoms. The van der Waals surface area contributed by atoms with Crippen molar-refractivity contribution in [3.63, 3.8) is 0 Å². The number of anilines is 1. The van der Waals surface area contributed by atoms with Crippen LogP contribution in [0.2, 0.25) is 5.02 Å². The van der Waals surface area contributed by atoms with Crippen LogP contribution in [0, 0.1) is 0 Å². The van der Waals surface area contributed by atoms with E-state index < -0.39 is 0 Å². The van der Waals surface area contributed by atoms with Crippen molar-refractivity contribution in [2.45, 2.75) is 26.3 Å². The van der Waals surface area contributed by atoms with Gasteiger partial charge in [0.15, 0.2) is 0 Å². The van der Waals surface area contributed by atoms with Gasteiger partial charge in [0.1, 0.15) is 5.82 Å². The Labute approximate surface area is 114 Å². The molecule has 0 spiro atoms. The molecule has 0 saturated carbocycles. The average Bonchev–Trinajstić information content (AvgIpc) is 2.13. The number of carbonyl (C=O) groups is 1. The van der Waals surface area contributed by atoms with E-state index >= 15 is 0 Å². The lowest BCUT2D eigenvalue weighted by Gasteiger charge is -2.20. The van der Waals surface area contributed by atoms with Gasteiger partial charge >= 0.3 is 0 Å². The summed E-state index contributed by atoms with van der Waals surface area (Å²) in [6, 6.07) is 1.72. The Bertz CT molecular complexity index is 418. The number of halogens is 2. The van der Waals surface area contributed by atoms with Crippen LogP contribution in [0.15, 0.2) is 16.7 Å². The molecule has 94 valence electrons. The lowest BCUT2D eigenvalue weighted by Crippen LogP contribution is -2.43. The van der Waals surface area contributed by atoms with E-state index in [2.05, 4.69) is 31.5 Å². The summed E-state index contributed by atoms with van der Waals surface area (Å²) in [5, 5.41) is 6.33. The molecule has 2 N–H and O–H groups in total. The van der Waals surface area contributed by atoms with Crippen LogP contribution in [0.1, 0.15) is 20.8 Å². The second-order valence-corrected chi connectivity index (χ2v) is 5.93. The number of hydrogen-bond donors (Lipinski definition) is 2. The van der Waals surface area contributed by atoms with Gasteiger partial charge in [-0.3, -0.25) is 4.79 Å². The van der Waals surface area contributed by atoms with Crippen LogP contribution in [-0.2, 0) is 4.79 Å². The molecule has 0 aliphatic heterocycles. The highest BCUT2D eigenvalue weighted by Gasteiger charge is 2.13. The Balaban J connectivity index is 2.53. The fraction of sp³-hybridized carbons (Fsp3) is 0.455. The molecule has 4 nitrogen and oxygen atoms in total. The standard InChI is InChI=1S/C11H15BrClN3O/c1-11(2,3)16-9(17)6-15-10-8(12)4-7(13)5-14-10/h4-5H,6H2,1-3H3,(H,14,15)(H,16,17). The zero-order valence-corrected chi connectivity index (χ0v) is 12.3. The Morgan fingerprint density at radius 3 is 2.71 bits per heavy atom. The summed E-state index contributed by atoms with van der Waals surface area (Å²) >= 11 is 9.08. The Kier molecular flexibility index (Phi) is 4.77. The van der Waals surface area contributed by atoms with Gasteiger partial charge in [-0.15, -0.1) is 0 Å². The molecule has 1 heterocycles. The third-order valence-electron chi connectivity index (χ3n) is 1.74. The molecule has 0 aliphatic carbocycles. The number of carbonyl (C=O) groups excluding carboxylic acids is 1. The number of amides is 1. The van der Waals surface area contributed by atoms with E-state index in [1.165, 1.54) is 6.20 Å². The summed E-state index contributed by atoms with van der Waals surface area (Å²) in [6.07, 6.45) is 1.52. The first-order valence-electron chi connectivity index (χ1n) is 5.14. The van der Waals surface area contributed by atoms with Crippen LogP contribution in [-0.4, -0.2) is 23.0 Å². The average molecular weight is 321 g/mol. The highest BCUT2D eigenvalue weighted by molar-refractivity contribution is 9.10. The van der Waals surface area contributed by atoms with Crippen molar-refractivity contribution in [3.05, 3.63) is 21.8 Å². The van der Waals surface area contributed by atoms with Gasteiger partial charge in [0.2, 0.25) is 5.91 Å². The lowest BCUT2D eigenvalue weighted by atomic mass is 10.1. The smallest absolute Gasteiger partial charge is 0.239 e. The fourth-order valence-electron chi connectivity index (χ4n) is 1.17. The van der Waals surface area contributed by atoms with E-state index in [0.29, 0.717) is 10.8 Å². The van der Waals surface area contributed by atoms with Crippen LogP contribution in [0.3, 0.4) is 0 Å². The van der Waals surface area contributed by atoms with Gasteiger partial charge in [-0.05, 0) is 42.8 Å². The van der Waals surface area contributed by atoms with E-state index in [4.69, 9.17) is 11.6 Å². The minimum atomic E-state index is -0.233. The molecule has 0 aliphatic rings. The topological polar surface area (TPSA) is 54.0 Å². The molecule has 1 aromatic rings. The Hall–Kier alpha value is -0.810. The largest absolute Gasteiger partial charge is 0.360 e. The Morgan fingerprint density at radius 1 is 1.53 bits per heavy atom. The summed E-state index contributed by atoms with van der Waals surface area (Å²) in [5.41, 5.74) is -0.233. The van der Waals surface area contributed by atoms with Gasteiger partial charge < -0.3 is 10.6 Å². The zero-order chi connectivity index (χ0) is 13.1. The molecule has 0 fully saturated rings. The van der Waals surface area contributed by atoms with Crippen molar-refractivity contribution in [2.75, 3.05) is 11.9 Å². The van der Waals surface area contributed by atoms with E-state index in [1.807, 2.05) is 20.8 Å². The van der Waals surface area contributed by atoms with Crippen LogP contribution >= 0.6 is 27.5 Å². The summed E-state index contributed by atoms with van der Waals surface area (Å²) in [4.78, 5) is 15.6. The number of hydrogen-bond acceptors (Lipinski definition) is 3. The maximum absolute atomic E-state index is 11.6. The van der Waals surface area contributed by atoms with Crippen molar-refractivity contribution in [1.29, 1.82) is 0 Å². The number of rotatable bonds is 3. The Morgan fingerprint density at radius 2 is 2.18 bits per heavy atom.